The molecule has 7 heteroatoms. The van der Waals surface area contributed by atoms with E-state index < -0.39 is 0 Å². The summed E-state index contributed by atoms with van der Waals surface area (Å²) in [6, 6.07) is 13.8. The van der Waals surface area contributed by atoms with Gasteiger partial charge in [0.1, 0.15) is 0 Å². The summed E-state index contributed by atoms with van der Waals surface area (Å²) in [6.45, 7) is 1.81. The SMILES string of the molecule is COc1ccc(CCNC(=O)NCCn2ccc3ccc(Br)cc32)cc1OC. The zero-order chi connectivity index (χ0) is 19.9. The van der Waals surface area contributed by atoms with Gasteiger partial charge in [-0.2, -0.15) is 0 Å². The van der Waals surface area contributed by atoms with Crippen molar-refractivity contribution in [1.82, 2.24) is 15.2 Å². The Bertz CT molecular complexity index is 955. The summed E-state index contributed by atoms with van der Waals surface area (Å²) in [5.41, 5.74) is 2.22. The molecule has 0 bridgehead atoms. The number of halogens is 1. The summed E-state index contributed by atoms with van der Waals surface area (Å²) in [7, 11) is 3.22. The van der Waals surface area contributed by atoms with Gasteiger partial charge < -0.3 is 24.7 Å². The number of rotatable bonds is 8. The number of carbonyl (C=O) groups excluding carboxylic acids is 1. The van der Waals surface area contributed by atoms with Crippen LogP contribution in [0.1, 0.15) is 5.56 Å². The Morgan fingerprint density at radius 1 is 1.00 bits per heavy atom. The van der Waals surface area contributed by atoms with Gasteiger partial charge in [-0.15, -0.1) is 0 Å². The summed E-state index contributed by atoms with van der Waals surface area (Å²) in [5, 5.41) is 6.97. The molecule has 2 N–H and O–H groups in total. The van der Waals surface area contributed by atoms with E-state index in [1.165, 1.54) is 5.39 Å². The molecule has 1 aromatic heterocycles. The van der Waals surface area contributed by atoms with E-state index in [9.17, 15) is 4.79 Å². The van der Waals surface area contributed by atoms with E-state index in [0.717, 1.165) is 15.6 Å². The van der Waals surface area contributed by atoms with Crippen molar-refractivity contribution in [3.63, 3.8) is 0 Å². The molecule has 3 rings (SSSR count). The number of carbonyl (C=O) groups is 1. The Morgan fingerprint density at radius 2 is 1.79 bits per heavy atom. The lowest BCUT2D eigenvalue weighted by molar-refractivity contribution is 0.240. The molecule has 148 valence electrons. The first-order chi connectivity index (χ1) is 13.6. The number of fused-ring (bicyclic) bond motifs is 1. The average Bonchev–Trinajstić information content (AvgIpc) is 3.10. The first kappa shape index (κ1) is 20.1. The first-order valence-electron chi connectivity index (χ1n) is 9.07. The van der Waals surface area contributed by atoms with E-state index in [-0.39, 0.29) is 6.03 Å². The number of methoxy groups -OCH3 is 2. The largest absolute Gasteiger partial charge is 0.493 e. The second-order valence-corrected chi connectivity index (χ2v) is 7.25. The van der Waals surface area contributed by atoms with Crippen molar-refractivity contribution in [1.29, 1.82) is 0 Å². The van der Waals surface area contributed by atoms with Crippen molar-refractivity contribution in [2.75, 3.05) is 27.3 Å². The molecule has 0 saturated carbocycles. The van der Waals surface area contributed by atoms with Gasteiger partial charge >= 0.3 is 6.03 Å². The van der Waals surface area contributed by atoms with Crippen LogP contribution in [-0.2, 0) is 13.0 Å². The predicted octanol–water partition coefficient (Wildman–Crippen LogP) is 3.96. The number of aromatic nitrogens is 1. The number of ether oxygens (including phenoxy) is 2. The molecular weight excluding hydrogens is 422 g/mol. The maximum atomic E-state index is 12.0. The molecule has 1 heterocycles. The predicted molar refractivity (Wildman–Crippen MR) is 114 cm³/mol. The molecule has 6 nitrogen and oxygen atoms in total. The van der Waals surface area contributed by atoms with Crippen molar-refractivity contribution in [3.8, 4) is 11.5 Å². The quantitative estimate of drug-likeness (QED) is 0.551. The maximum absolute atomic E-state index is 12.0. The van der Waals surface area contributed by atoms with E-state index in [2.05, 4.69) is 49.3 Å². The molecule has 0 radical (unpaired) electrons. The molecule has 2 amide bonds. The standard InChI is InChI=1S/C21H24BrN3O3/c1-27-19-6-3-15(13-20(19)28-2)7-9-23-21(26)24-10-12-25-11-8-16-4-5-17(22)14-18(16)25/h3-6,8,11,13-14H,7,9-10,12H2,1-2H3,(H2,23,24,26). The molecule has 0 saturated heterocycles. The summed E-state index contributed by atoms with van der Waals surface area (Å²) < 4.78 is 13.7. The van der Waals surface area contributed by atoms with Crippen LogP contribution in [0.4, 0.5) is 4.79 Å². The first-order valence-corrected chi connectivity index (χ1v) is 9.87. The lowest BCUT2D eigenvalue weighted by atomic mass is 10.1. The molecule has 0 atom stereocenters. The third kappa shape index (κ3) is 4.98. The number of urea groups is 1. The second kappa shape index (κ2) is 9.50. The molecule has 3 aromatic rings. The van der Waals surface area contributed by atoms with E-state index in [4.69, 9.17) is 9.47 Å². The topological polar surface area (TPSA) is 64.5 Å². The van der Waals surface area contributed by atoms with Gasteiger partial charge in [0.05, 0.1) is 14.2 Å². The average molecular weight is 446 g/mol. The third-order valence-electron chi connectivity index (χ3n) is 4.52. The normalized spacial score (nSPS) is 10.7. The van der Waals surface area contributed by atoms with Crippen LogP contribution in [0.2, 0.25) is 0 Å². The van der Waals surface area contributed by atoms with E-state index in [1.54, 1.807) is 14.2 Å². The Hall–Kier alpha value is -2.67. The molecule has 0 spiro atoms. The number of nitrogens with one attached hydrogen (secondary N) is 2. The molecule has 0 unspecified atom stereocenters. The van der Waals surface area contributed by atoms with Crippen molar-refractivity contribution in [3.05, 3.63) is 58.7 Å². The van der Waals surface area contributed by atoms with Crippen molar-refractivity contribution >= 4 is 32.9 Å². The molecular formula is C21H24BrN3O3. The monoisotopic (exact) mass is 445 g/mol. The van der Waals surface area contributed by atoms with Gasteiger partial charge in [0, 0.05) is 35.8 Å². The summed E-state index contributed by atoms with van der Waals surface area (Å²) in [6.07, 6.45) is 2.75. The zero-order valence-corrected chi connectivity index (χ0v) is 17.6. The van der Waals surface area contributed by atoms with Crippen molar-refractivity contribution in [2.45, 2.75) is 13.0 Å². The number of benzene rings is 2. The minimum absolute atomic E-state index is 0.168. The van der Waals surface area contributed by atoms with Crippen LogP contribution in [0.3, 0.4) is 0 Å². The highest BCUT2D eigenvalue weighted by atomic mass is 79.9. The highest BCUT2D eigenvalue weighted by Gasteiger charge is 2.06. The Balaban J connectivity index is 1.43. The van der Waals surface area contributed by atoms with Gasteiger partial charge in [-0.3, -0.25) is 0 Å². The van der Waals surface area contributed by atoms with E-state index in [1.807, 2.05) is 30.5 Å². The van der Waals surface area contributed by atoms with Crippen LogP contribution in [0.15, 0.2) is 53.1 Å². The van der Waals surface area contributed by atoms with E-state index in [0.29, 0.717) is 37.6 Å². The summed E-state index contributed by atoms with van der Waals surface area (Å²) >= 11 is 3.50. The van der Waals surface area contributed by atoms with Gasteiger partial charge in [-0.05, 0) is 47.7 Å². The van der Waals surface area contributed by atoms with Crippen molar-refractivity contribution < 1.29 is 14.3 Å². The third-order valence-corrected chi connectivity index (χ3v) is 5.01. The fourth-order valence-electron chi connectivity index (χ4n) is 3.06. The van der Waals surface area contributed by atoms with Crippen LogP contribution in [0, 0.1) is 0 Å². The van der Waals surface area contributed by atoms with Crippen molar-refractivity contribution in [2.24, 2.45) is 0 Å². The number of amides is 2. The number of hydrogen-bond acceptors (Lipinski definition) is 3. The lowest BCUT2D eigenvalue weighted by Gasteiger charge is -2.11. The highest BCUT2D eigenvalue weighted by Crippen LogP contribution is 2.27. The van der Waals surface area contributed by atoms with Gasteiger partial charge in [0.25, 0.3) is 0 Å². The number of nitrogens with zero attached hydrogens (tertiary/aromatic N) is 1. The fraction of sp³-hybridized carbons (Fsp3) is 0.286. The van der Waals surface area contributed by atoms with Crippen LogP contribution >= 0.6 is 15.9 Å². The lowest BCUT2D eigenvalue weighted by Crippen LogP contribution is -2.38. The second-order valence-electron chi connectivity index (χ2n) is 6.33. The Labute approximate surface area is 172 Å². The molecule has 0 fully saturated rings. The Morgan fingerprint density at radius 3 is 2.57 bits per heavy atom. The molecule has 28 heavy (non-hydrogen) atoms. The molecule has 0 aliphatic carbocycles. The van der Waals surface area contributed by atoms with Gasteiger partial charge in [0.2, 0.25) is 0 Å². The maximum Gasteiger partial charge on any atom is 0.314 e. The zero-order valence-electron chi connectivity index (χ0n) is 16.0. The van der Waals surface area contributed by atoms with E-state index >= 15 is 0 Å². The number of hydrogen-bond donors (Lipinski definition) is 2. The van der Waals surface area contributed by atoms with Crippen LogP contribution in [-0.4, -0.2) is 37.9 Å². The fourth-order valence-corrected chi connectivity index (χ4v) is 3.41. The smallest absolute Gasteiger partial charge is 0.314 e. The van der Waals surface area contributed by atoms with Crippen LogP contribution in [0.5, 0.6) is 11.5 Å². The minimum atomic E-state index is -0.168. The van der Waals surface area contributed by atoms with Crippen LogP contribution in [0.25, 0.3) is 10.9 Å². The molecule has 0 aliphatic heterocycles. The van der Waals surface area contributed by atoms with Crippen LogP contribution < -0.4 is 20.1 Å². The summed E-state index contributed by atoms with van der Waals surface area (Å²) in [5.74, 6) is 1.39. The van der Waals surface area contributed by atoms with Gasteiger partial charge in [0.15, 0.2) is 11.5 Å². The molecule has 2 aromatic carbocycles. The van der Waals surface area contributed by atoms with Gasteiger partial charge in [-0.1, -0.05) is 28.1 Å². The molecule has 0 aliphatic rings. The highest BCUT2D eigenvalue weighted by molar-refractivity contribution is 9.10. The Kier molecular flexibility index (Phi) is 6.81. The summed E-state index contributed by atoms with van der Waals surface area (Å²) in [4.78, 5) is 12.0. The van der Waals surface area contributed by atoms with Gasteiger partial charge in [-0.25, -0.2) is 4.79 Å². The minimum Gasteiger partial charge on any atom is -0.493 e.